The van der Waals surface area contributed by atoms with Crippen molar-refractivity contribution in [3.8, 4) is 22.3 Å². The largest absolute Gasteiger partial charge is 0.456 e. The SMILES string of the molecule is c1ccc(-c2ccc(N(c3ccc(-c4ccccc4)cc3)c3cc(N(c4ccccc4)c4cccc5c4oc4ccccc45)cc4oc5ccccc5c34)cc2)cc1. The summed E-state index contributed by atoms with van der Waals surface area (Å²) < 4.78 is 13.5. The van der Waals surface area contributed by atoms with Crippen molar-refractivity contribution in [3.63, 3.8) is 0 Å². The molecule has 58 heavy (non-hydrogen) atoms. The molecule has 0 saturated carbocycles. The summed E-state index contributed by atoms with van der Waals surface area (Å²) in [5, 5.41) is 4.24. The molecule has 0 aliphatic rings. The molecule has 0 unspecified atom stereocenters. The minimum atomic E-state index is 0.790. The highest BCUT2D eigenvalue weighted by molar-refractivity contribution is 6.16. The fraction of sp³-hybridized carbons (Fsp3) is 0. The number of nitrogens with zero attached hydrogens (tertiary/aromatic N) is 2. The minimum Gasteiger partial charge on any atom is -0.456 e. The highest BCUT2D eigenvalue weighted by atomic mass is 16.3. The molecule has 2 aromatic heterocycles. The normalized spacial score (nSPS) is 11.4. The van der Waals surface area contributed by atoms with E-state index in [9.17, 15) is 0 Å². The predicted molar refractivity (Wildman–Crippen MR) is 241 cm³/mol. The summed E-state index contributed by atoms with van der Waals surface area (Å²) in [4.78, 5) is 4.65. The molecule has 274 valence electrons. The first-order valence-electron chi connectivity index (χ1n) is 19.6. The molecule has 4 nitrogen and oxygen atoms in total. The van der Waals surface area contributed by atoms with Gasteiger partial charge in [0.15, 0.2) is 5.58 Å². The summed E-state index contributed by atoms with van der Waals surface area (Å²) in [7, 11) is 0. The van der Waals surface area contributed by atoms with E-state index in [0.29, 0.717) is 0 Å². The molecule has 0 saturated heterocycles. The van der Waals surface area contributed by atoms with E-state index < -0.39 is 0 Å². The van der Waals surface area contributed by atoms with Crippen LogP contribution in [-0.2, 0) is 0 Å². The smallest absolute Gasteiger partial charge is 0.159 e. The monoisotopic (exact) mass is 744 g/mol. The number of fused-ring (bicyclic) bond motifs is 6. The maximum atomic E-state index is 6.79. The van der Waals surface area contributed by atoms with E-state index >= 15 is 0 Å². The third-order valence-corrected chi connectivity index (χ3v) is 11.0. The summed E-state index contributed by atoms with van der Waals surface area (Å²) >= 11 is 0. The fourth-order valence-electron chi connectivity index (χ4n) is 8.33. The van der Waals surface area contributed by atoms with Crippen molar-refractivity contribution in [1.29, 1.82) is 0 Å². The third-order valence-electron chi connectivity index (χ3n) is 11.0. The number of hydrogen-bond donors (Lipinski definition) is 0. The second-order valence-corrected chi connectivity index (χ2v) is 14.5. The van der Waals surface area contributed by atoms with Gasteiger partial charge in [0.05, 0.1) is 22.4 Å². The summed E-state index contributed by atoms with van der Waals surface area (Å²) in [6.45, 7) is 0. The predicted octanol–water partition coefficient (Wildman–Crippen LogP) is 15.8. The Kier molecular flexibility index (Phi) is 8.11. The highest BCUT2D eigenvalue weighted by Gasteiger charge is 2.25. The topological polar surface area (TPSA) is 32.8 Å². The van der Waals surface area contributed by atoms with Crippen LogP contribution in [0.4, 0.5) is 34.1 Å². The van der Waals surface area contributed by atoms with Crippen molar-refractivity contribution in [1.82, 2.24) is 0 Å². The summed E-state index contributed by atoms with van der Waals surface area (Å²) in [6, 6.07) is 76.7. The summed E-state index contributed by atoms with van der Waals surface area (Å²) in [5.74, 6) is 0. The Balaban J connectivity index is 1.18. The fourth-order valence-corrected chi connectivity index (χ4v) is 8.33. The van der Waals surface area contributed by atoms with Gasteiger partial charge in [-0.2, -0.15) is 0 Å². The lowest BCUT2D eigenvalue weighted by Crippen LogP contribution is -2.14. The zero-order chi connectivity index (χ0) is 38.4. The van der Waals surface area contributed by atoms with Gasteiger partial charge in [-0.05, 0) is 82.9 Å². The lowest BCUT2D eigenvalue weighted by Gasteiger charge is -2.30. The van der Waals surface area contributed by atoms with Gasteiger partial charge < -0.3 is 18.6 Å². The van der Waals surface area contributed by atoms with Crippen LogP contribution in [-0.4, -0.2) is 0 Å². The molecular formula is C54H36N2O2. The van der Waals surface area contributed by atoms with Crippen molar-refractivity contribution in [2.24, 2.45) is 0 Å². The lowest BCUT2D eigenvalue weighted by molar-refractivity contribution is 0.667. The molecule has 2 heterocycles. The van der Waals surface area contributed by atoms with Gasteiger partial charge in [-0.1, -0.05) is 152 Å². The molecule has 9 aromatic carbocycles. The van der Waals surface area contributed by atoms with Crippen LogP contribution in [0, 0.1) is 0 Å². The Morgan fingerprint density at radius 3 is 1.36 bits per heavy atom. The van der Waals surface area contributed by atoms with Crippen LogP contribution in [0.2, 0.25) is 0 Å². The van der Waals surface area contributed by atoms with E-state index in [1.807, 2.05) is 18.2 Å². The standard InChI is InChI=1S/C54H36N2O2/c1-4-15-37(16-5-1)39-27-31-42(32-28-39)55(43-33-29-40(30-34-43)38-17-6-2-7-18-38)49-35-44(36-52-53(49)47-22-11-13-26-51(47)57-52)56(41-19-8-3-9-20-41)48-24-14-23-46-45-21-10-12-25-50(45)58-54(46)48/h1-36H. The quantitative estimate of drug-likeness (QED) is 0.155. The second kappa shape index (κ2) is 14.0. The van der Waals surface area contributed by atoms with Gasteiger partial charge in [0.1, 0.15) is 16.7 Å². The van der Waals surface area contributed by atoms with Crippen molar-refractivity contribution in [2.45, 2.75) is 0 Å². The van der Waals surface area contributed by atoms with Crippen molar-refractivity contribution >= 4 is 78.0 Å². The summed E-state index contributed by atoms with van der Waals surface area (Å²) in [6.07, 6.45) is 0. The first-order chi connectivity index (χ1) is 28.8. The van der Waals surface area contributed by atoms with Crippen molar-refractivity contribution in [2.75, 3.05) is 9.80 Å². The van der Waals surface area contributed by atoms with Crippen LogP contribution >= 0.6 is 0 Å². The Labute approximate surface area is 336 Å². The molecule has 0 bridgehead atoms. The average molecular weight is 745 g/mol. The van der Waals surface area contributed by atoms with Crippen LogP contribution in [0.1, 0.15) is 0 Å². The van der Waals surface area contributed by atoms with Crippen LogP contribution in [0.15, 0.2) is 227 Å². The number of hydrogen-bond acceptors (Lipinski definition) is 4. The third kappa shape index (κ3) is 5.78. The molecule has 0 N–H and O–H groups in total. The van der Waals surface area contributed by atoms with Crippen molar-refractivity contribution < 1.29 is 8.83 Å². The molecule has 0 amide bonds. The number of anilines is 6. The van der Waals surface area contributed by atoms with E-state index in [-0.39, 0.29) is 0 Å². The molecule has 0 aliphatic heterocycles. The first-order valence-corrected chi connectivity index (χ1v) is 19.6. The Bertz CT molecular complexity index is 3120. The van der Waals surface area contributed by atoms with Gasteiger partial charge in [0, 0.05) is 39.3 Å². The van der Waals surface area contributed by atoms with Gasteiger partial charge in [-0.25, -0.2) is 0 Å². The van der Waals surface area contributed by atoms with Gasteiger partial charge in [-0.15, -0.1) is 0 Å². The van der Waals surface area contributed by atoms with Crippen LogP contribution in [0.3, 0.4) is 0 Å². The average Bonchev–Trinajstić information content (AvgIpc) is 3.87. The molecule has 0 atom stereocenters. The number of rotatable bonds is 8. The zero-order valence-electron chi connectivity index (χ0n) is 31.5. The molecule has 0 radical (unpaired) electrons. The van der Waals surface area contributed by atoms with E-state index in [1.54, 1.807) is 0 Å². The lowest BCUT2D eigenvalue weighted by atomic mass is 10.0. The minimum absolute atomic E-state index is 0.790. The number of furan rings is 2. The molecule has 0 spiro atoms. The highest BCUT2D eigenvalue weighted by Crippen LogP contribution is 2.49. The Hall–Kier alpha value is -7.82. The van der Waals surface area contributed by atoms with E-state index in [1.165, 1.54) is 11.1 Å². The van der Waals surface area contributed by atoms with E-state index in [4.69, 9.17) is 8.83 Å². The van der Waals surface area contributed by atoms with Crippen LogP contribution < -0.4 is 9.80 Å². The summed E-state index contributed by atoms with van der Waals surface area (Å²) in [5.41, 5.74) is 13.9. The van der Waals surface area contributed by atoms with E-state index in [0.717, 1.165) is 89.1 Å². The van der Waals surface area contributed by atoms with Crippen LogP contribution in [0.25, 0.3) is 66.1 Å². The molecule has 4 heteroatoms. The molecule has 0 aliphatic carbocycles. The molecular weight excluding hydrogens is 709 g/mol. The van der Waals surface area contributed by atoms with Crippen molar-refractivity contribution in [3.05, 3.63) is 218 Å². The number of para-hydroxylation sites is 4. The van der Waals surface area contributed by atoms with Crippen LogP contribution in [0.5, 0.6) is 0 Å². The number of benzene rings is 9. The second-order valence-electron chi connectivity index (χ2n) is 14.5. The molecule has 11 aromatic rings. The Morgan fingerprint density at radius 1 is 0.276 bits per heavy atom. The first kappa shape index (κ1) is 33.5. The maximum absolute atomic E-state index is 6.79. The Morgan fingerprint density at radius 2 is 0.741 bits per heavy atom. The van der Waals surface area contributed by atoms with Gasteiger partial charge in [-0.3, -0.25) is 0 Å². The van der Waals surface area contributed by atoms with Gasteiger partial charge >= 0.3 is 0 Å². The van der Waals surface area contributed by atoms with Gasteiger partial charge in [0.25, 0.3) is 0 Å². The maximum Gasteiger partial charge on any atom is 0.159 e. The molecule has 0 fully saturated rings. The molecule has 11 rings (SSSR count). The zero-order valence-corrected chi connectivity index (χ0v) is 31.5. The van der Waals surface area contributed by atoms with Gasteiger partial charge in [0.2, 0.25) is 0 Å². The van der Waals surface area contributed by atoms with E-state index in [2.05, 4.69) is 210 Å².